The number of nitrogens with one attached hydrogen (secondary N) is 2. The Morgan fingerprint density at radius 3 is 2.65 bits per heavy atom. The van der Waals surface area contributed by atoms with Crippen molar-refractivity contribution in [3.8, 4) is 0 Å². The van der Waals surface area contributed by atoms with Gasteiger partial charge in [-0.3, -0.25) is 9.59 Å². The molecule has 0 saturated heterocycles. The molecule has 0 saturated carbocycles. The van der Waals surface area contributed by atoms with E-state index in [2.05, 4.69) is 10.6 Å². The highest BCUT2D eigenvalue weighted by Gasteiger charge is 2.25. The summed E-state index contributed by atoms with van der Waals surface area (Å²) in [7, 11) is 0. The standard InChI is InChI=1S/C14H16N2O4/c1-7(2)12(14(19)20)16-13(18)9-4-3-8-6-11(17)15-10(8)5-9/h3-5,7,12H,6H2,1-2H3,(H,15,17)(H,16,18)(H,19,20). The van der Waals surface area contributed by atoms with Crippen LogP contribution in [0.15, 0.2) is 18.2 Å². The number of carboxylic acid groups (broad SMARTS) is 1. The van der Waals surface area contributed by atoms with Crippen LogP contribution in [0.3, 0.4) is 0 Å². The minimum Gasteiger partial charge on any atom is -0.480 e. The van der Waals surface area contributed by atoms with E-state index < -0.39 is 17.9 Å². The molecule has 1 aliphatic rings. The Labute approximate surface area is 116 Å². The molecule has 1 heterocycles. The van der Waals surface area contributed by atoms with Crippen LogP contribution in [0.25, 0.3) is 0 Å². The van der Waals surface area contributed by atoms with Gasteiger partial charge in [0.05, 0.1) is 6.42 Å². The Balaban J connectivity index is 2.16. The summed E-state index contributed by atoms with van der Waals surface area (Å²) < 4.78 is 0. The largest absolute Gasteiger partial charge is 0.480 e. The van der Waals surface area contributed by atoms with Gasteiger partial charge in [-0.25, -0.2) is 4.79 Å². The summed E-state index contributed by atoms with van der Waals surface area (Å²) >= 11 is 0. The number of rotatable bonds is 4. The van der Waals surface area contributed by atoms with Crippen molar-refractivity contribution in [3.63, 3.8) is 0 Å². The number of carbonyl (C=O) groups excluding carboxylic acids is 2. The molecule has 0 aliphatic carbocycles. The fourth-order valence-electron chi connectivity index (χ4n) is 2.09. The number of carboxylic acids is 1. The van der Waals surface area contributed by atoms with E-state index in [0.717, 1.165) is 5.56 Å². The molecule has 1 aromatic rings. The van der Waals surface area contributed by atoms with Crippen molar-refractivity contribution in [1.29, 1.82) is 0 Å². The molecule has 0 aromatic heterocycles. The normalized spacial score (nSPS) is 14.7. The molecule has 2 rings (SSSR count). The van der Waals surface area contributed by atoms with Crippen LogP contribution in [-0.2, 0) is 16.0 Å². The molecule has 1 aromatic carbocycles. The van der Waals surface area contributed by atoms with Crippen molar-refractivity contribution in [3.05, 3.63) is 29.3 Å². The summed E-state index contributed by atoms with van der Waals surface area (Å²) in [4.78, 5) is 34.4. The van der Waals surface area contributed by atoms with Gasteiger partial charge < -0.3 is 15.7 Å². The van der Waals surface area contributed by atoms with E-state index in [0.29, 0.717) is 17.7 Å². The van der Waals surface area contributed by atoms with Crippen molar-refractivity contribution < 1.29 is 19.5 Å². The molecule has 6 heteroatoms. The van der Waals surface area contributed by atoms with Gasteiger partial charge in [0.1, 0.15) is 6.04 Å². The lowest BCUT2D eigenvalue weighted by molar-refractivity contribution is -0.140. The first kappa shape index (κ1) is 14.0. The number of aliphatic carboxylic acids is 1. The summed E-state index contributed by atoms with van der Waals surface area (Å²) in [5.74, 6) is -1.86. The smallest absolute Gasteiger partial charge is 0.326 e. The fraction of sp³-hybridized carbons (Fsp3) is 0.357. The number of hydrogen-bond donors (Lipinski definition) is 3. The molecule has 0 fully saturated rings. The first-order valence-electron chi connectivity index (χ1n) is 6.35. The number of fused-ring (bicyclic) bond motifs is 1. The maximum absolute atomic E-state index is 12.1. The molecule has 106 valence electrons. The zero-order chi connectivity index (χ0) is 14.9. The minimum absolute atomic E-state index is 0.108. The predicted molar refractivity (Wildman–Crippen MR) is 72.5 cm³/mol. The van der Waals surface area contributed by atoms with Gasteiger partial charge in [-0.05, 0) is 23.6 Å². The van der Waals surface area contributed by atoms with Crippen LogP contribution in [0.1, 0.15) is 29.8 Å². The van der Waals surface area contributed by atoms with Crippen molar-refractivity contribution in [2.75, 3.05) is 5.32 Å². The monoisotopic (exact) mass is 276 g/mol. The molecule has 0 spiro atoms. The van der Waals surface area contributed by atoms with Gasteiger partial charge >= 0.3 is 5.97 Å². The number of anilines is 1. The van der Waals surface area contributed by atoms with Gasteiger partial charge in [0.25, 0.3) is 5.91 Å². The van der Waals surface area contributed by atoms with Crippen LogP contribution >= 0.6 is 0 Å². The lowest BCUT2D eigenvalue weighted by Crippen LogP contribution is -2.44. The Kier molecular flexibility index (Phi) is 3.74. The number of hydrogen-bond acceptors (Lipinski definition) is 3. The molecule has 1 atom stereocenters. The lowest BCUT2D eigenvalue weighted by Gasteiger charge is -2.18. The molecule has 1 aliphatic heterocycles. The summed E-state index contributed by atoms with van der Waals surface area (Å²) in [6.45, 7) is 3.45. The second-order valence-electron chi connectivity index (χ2n) is 5.13. The van der Waals surface area contributed by atoms with E-state index in [1.54, 1.807) is 32.0 Å². The van der Waals surface area contributed by atoms with Gasteiger partial charge in [0.15, 0.2) is 0 Å². The van der Waals surface area contributed by atoms with Crippen LogP contribution in [0.4, 0.5) is 5.69 Å². The van der Waals surface area contributed by atoms with Gasteiger partial charge in [-0.2, -0.15) is 0 Å². The summed E-state index contributed by atoms with van der Waals surface area (Å²) in [6, 6.07) is 3.92. The van der Waals surface area contributed by atoms with E-state index in [-0.39, 0.29) is 11.8 Å². The average Bonchev–Trinajstić information content (AvgIpc) is 2.73. The van der Waals surface area contributed by atoms with Gasteiger partial charge in [0, 0.05) is 11.3 Å². The molecule has 0 bridgehead atoms. The molecule has 3 N–H and O–H groups in total. The zero-order valence-corrected chi connectivity index (χ0v) is 11.3. The second-order valence-corrected chi connectivity index (χ2v) is 5.13. The average molecular weight is 276 g/mol. The molecular weight excluding hydrogens is 260 g/mol. The lowest BCUT2D eigenvalue weighted by atomic mass is 10.0. The van der Waals surface area contributed by atoms with Gasteiger partial charge in [-0.1, -0.05) is 19.9 Å². The highest BCUT2D eigenvalue weighted by molar-refractivity contribution is 6.02. The quantitative estimate of drug-likeness (QED) is 0.765. The van der Waals surface area contributed by atoms with E-state index in [4.69, 9.17) is 5.11 Å². The van der Waals surface area contributed by atoms with Crippen molar-refractivity contribution in [2.45, 2.75) is 26.3 Å². The second kappa shape index (κ2) is 5.32. The molecule has 6 nitrogen and oxygen atoms in total. The third-order valence-corrected chi connectivity index (χ3v) is 3.22. The Hall–Kier alpha value is -2.37. The maximum atomic E-state index is 12.1. The van der Waals surface area contributed by atoms with Gasteiger partial charge in [0.2, 0.25) is 5.91 Å². The number of amides is 2. The van der Waals surface area contributed by atoms with Crippen LogP contribution in [0.5, 0.6) is 0 Å². The molecule has 0 radical (unpaired) electrons. The topological polar surface area (TPSA) is 95.5 Å². The van der Waals surface area contributed by atoms with E-state index in [9.17, 15) is 14.4 Å². The zero-order valence-electron chi connectivity index (χ0n) is 11.3. The Morgan fingerprint density at radius 1 is 1.35 bits per heavy atom. The highest BCUT2D eigenvalue weighted by Crippen LogP contribution is 2.24. The molecule has 1 unspecified atom stereocenters. The van der Waals surface area contributed by atoms with Crippen LogP contribution in [0, 0.1) is 5.92 Å². The van der Waals surface area contributed by atoms with Crippen LogP contribution in [-0.4, -0.2) is 28.9 Å². The van der Waals surface area contributed by atoms with Crippen LogP contribution in [0.2, 0.25) is 0 Å². The first-order chi connectivity index (χ1) is 9.38. The highest BCUT2D eigenvalue weighted by atomic mass is 16.4. The van der Waals surface area contributed by atoms with Gasteiger partial charge in [-0.15, -0.1) is 0 Å². The first-order valence-corrected chi connectivity index (χ1v) is 6.35. The maximum Gasteiger partial charge on any atom is 0.326 e. The summed E-state index contributed by atoms with van der Waals surface area (Å²) in [6.07, 6.45) is 0.307. The van der Waals surface area contributed by atoms with Crippen LogP contribution < -0.4 is 10.6 Å². The summed E-state index contributed by atoms with van der Waals surface area (Å²) in [5, 5.41) is 14.2. The number of benzene rings is 1. The SMILES string of the molecule is CC(C)C(NC(=O)c1ccc2c(c1)NC(=O)C2)C(=O)O. The van der Waals surface area contributed by atoms with Crippen molar-refractivity contribution in [2.24, 2.45) is 5.92 Å². The molecule has 2 amide bonds. The predicted octanol–water partition coefficient (Wildman–Crippen LogP) is 1.02. The van der Waals surface area contributed by atoms with E-state index in [1.165, 1.54) is 0 Å². The van der Waals surface area contributed by atoms with Crippen molar-refractivity contribution in [1.82, 2.24) is 5.32 Å². The number of carbonyl (C=O) groups is 3. The Morgan fingerprint density at radius 2 is 2.05 bits per heavy atom. The minimum atomic E-state index is -1.07. The molecule has 20 heavy (non-hydrogen) atoms. The molecular formula is C14H16N2O4. The van der Waals surface area contributed by atoms with E-state index >= 15 is 0 Å². The van der Waals surface area contributed by atoms with Crippen molar-refractivity contribution >= 4 is 23.5 Å². The van der Waals surface area contributed by atoms with E-state index in [1.807, 2.05) is 0 Å². The fourth-order valence-corrected chi connectivity index (χ4v) is 2.09. The summed E-state index contributed by atoms with van der Waals surface area (Å²) in [5.41, 5.74) is 1.78. The third-order valence-electron chi connectivity index (χ3n) is 3.22. The third kappa shape index (κ3) is 2.79. The Bertz CT molecular complexity index is 581.